The summed E-state index contributed by atoms with van der Waals surface area (Å²) in [5.74, 6) is -2.88. The van der Waals surface area contributed by atoms with E-state index in [1.807, 2.05) is 19.1 Å². The van der Waals surface area contributed by atoms with Gasteiger partial charge in [0.1, 0.15) is 5.82 Å². The van der Waals surface area contributed by atoms with Crippen molar-refractivity contribution >= 4 is 0 Å². The molecule has 0 heterocycles. The summed E-state index contributed by atoms with van der Waals surface area (Å²) in [5, 5.41) is 3.17. The summed E-state index contributed by atoms with van der Waals surface area (Å²) in [6, 6.07) is 7.99. The van der Waals surface area contributed by atoms with Crippen LogP contribution in [0.4, 0.5) is 13.2 Å². The van der Waals surface area contributed by atoms with Gasteiger partial charge in [0.2, 0.25) is 0 Å². The smallest absolute Gasteiger partial charge is 0.167 e. The van der Waals surface area contributed by atoms with E-state index in [4.69, 9.17) is 0 Å². The molecule has 0 bridgehead atoms. The zero-order valence-corrected chi connectivity index (χ0v) is 11.4. The Bertz CT molecular complexity index is 606. The average molecular weight is 279 g/mol. The average Bonchev–Trinajstić information content (AvgIpc) is 2.47. The normalized spacial score (nSPS) is 10.8. The van der Waals surface area contributed by atoms with Crippen LogP contribution in [0, 0.1) is 24.4 Å². The lowest BCUT2D eigenvalue weighted by atomic mass is 10.0. The maximum Gasteiger partial charge on any atom is 0.167 e. The molecule has 0 amide bonds. The third-order valence-electron chi connectivity index (χ3n) is 3.23. The van der Waals surface area contributed by atoms with Crippen LogP contribution in [-0.2, 0) is 6.54 Å². The van der Waals surface area contributed by atoms with Gasteiger partial charge in [-0.25, -0.2) is 13.2 Å². The van der Waals surface area contributed by atoms with Gasteiger partial charge >= 0.3 is 0 Å². The van der Waals surface area contributed by atoms with Crippen molar-refractivity contribution in [1.82, 2.24) is 5.32 Å². The molecule has 2 aromatic carbocycles. The molecule has 0 spiro atoms. The van der Waals surface area contributed by atoms with Crippen LogP contribution in [0.25, 0.3) is 11.1 Å². The lowest BCUT2D eigenvalue weighted by Gasteiger charge is -2.09. The topological polar surface area (TPSA) is 12.0 Å². The van der Waals surface area contributed by atoms with Crippen LogP contribution in [0.2, 0.25) is 0 Å². The number of rotatable bonds is 4. The van der Waals surface area contributed by atoms with Crippen molar-refractivity contribution in [2.75, 3.05) is 6.54 Å². The highest BCUT2D eigenvalue weighted by Gasteiger charge is 2.16. The molecule has 2 rings (SSSR count). The molecule has 20 heavy (non-hydrogen) atoms. The van der Waals surface area contributed by atoms with E-state index in [0.29, 0.717) is 12.1 Å². The first-order valence-corrected chi connectivity index (χ1v) is 6.48. The Kier molecular flexibility index (Phi) is 4.45. The Balaban J connectivity index is 2.37. The second-order valence-electron chi connectivity index (χ2n) is 4.64. The lowest BCUT2D eigenvalue weighted by molar-refractivity contribution is 0.489. The first kappa shape index (κ1) is 14.6. The second kappa shape index (κ2) is 6.09. The number of halogens is 3. The Hall–Kier alpha value is -1.81. The van der Waals surface area contributed by atoms with E-state index in [1.165, 1.54) is 6.92 Å². The molecule has 0 atom stereocenters. The number of nitrogens with one attached hydrogen (secondary N) is 1. The maximum atomic E-state index is 13.9. The zero-order chi connectivity index (χ0) is 14.7. The summed E-state index contributed by atoms with van der Waals surface area (Å²) in [6.07, 6.45) is 0. The molecule has 1 N–H and O–H groups in total. The number of benzene rings is 2. The summed E-state index contributed by atoms with van der Waals surface area (Å²) in [7, 11) is 0. The predicted molar refractivity (Wildman–Crippen MR) is 73.9 cm³/mol. The monoisotopic (exact) mass is 279 g/mol. The van der Waals surface area contributed by atoms with Crippen LogP contribution in [-0.4, -0.2) is 6.54 Å². The van der Waals surface area contributed by atoms with Gasteiger partial charge in [-0.05, 0) is 30.7 Å². The lowest BCUT2D eigenvalue weighted by Crippen LogP contribution is -2.11. The molecule has 2 aromatic rings. The molecule has 0 radical (unpaired) electrons. The second-order valence-corrected chi connectivity index (χ2v) is 4.64. The first-order valence-electron chi connectivity index (χ1n) is 6.48. The van der Waals surface area contributed by atoms with Gasteiger partial charge in [0.05, 0.1) is 0 Å². The van der Waals surface area contributed by atoms with Crippen molar-refractivity contribution in [3.63, 3.8) is 0 Å². The zero-order valence-electron chi connectivity index (χ0n) is 11.4. The summed E-state index contributed by atoms with van der Waals surface area (Å²) >= 11 is 0. The van der Waals surface area contributed by atoms with Crippen molar-refractivity contribution in [2.24, 2.45) is 0 Å². The Morgan fingerprint density at radius 2 is 1.65 bits per heavy atom. The van der Waals surface area contributed by atoms with Gasteiger partial charge < -0.3 is 5.32 Å². The molecule has 0 saturated carbocycles. The minimum Gasteiger partial charge on any atom is -0.313 e. The van der Waals surface area contributed by atoms with E-state index in [2.05, 4.69) is 5.32 Å². The number of hydrogen-bond donors (Lipinski definition) is 1. The molecule has 106 valence electrons. The van der Waals surface area contributed by atoms with Crippen molar-refractivity contribution < 1.29 is 13.2 Å². The molecule has 4 heteroatoms. The van der Waals surface area contributed by atoms with Crippen LogP contribution in [0.5, 0.6) is 0 Å². The molecule has 0 saturated heterocycles. The van der Waals surface area contributed by atoms with Crippen LogP contribution in [0.1, 0.15) is 18.1 Å². The van der Waals surface area contributed by atoms with Crippen LogP contribution in [0.3, 0.4) is 0 Å². The predicted octanol–water partition coefficient (Wildman–Crippen LogP) is 4.19. The molecule has 0 fully saturated rings. The molecule has 0 aromatic heterocycles. The van der Waals surface area contributed by atoms with Crippen molar-refractivity contribution in [1.29, 1.82) is 0 Å². The highest BCUT2D eigenvalue weighted by Crippen LogP contribution is 2.28. The van der Waals surface area contributed by atoms with E-state index in [-0.39, 0.29) is 11.1 Å². The third-order valence-corrected chi connectivity index (χ3v) is 3.23. The van der Waals surface area contributed by atoms with Gasteiger partial charge in [0, 0.05) is 17.7 Å². The van der Waals surface area contributed by atoms with E-state index < -0.39 is 17.5 Å². The molecule has 0 aliphatic rings. The third kappa shape index (κ3) is 2.85. The van der Waals surface area contributed by atoms with Gasteiger partial charge in [-0.1, -0.05) is 31.2 Å². The van der Waals surface area contributed by atoms with E-state index >= 15 is 0 Å². The Morgan fingerprint density at radius 1 is 1.00 bits per heavy atom. The number of hydrogen-bond acceptors (Lipinski definition) is 1. The Labute approximate surface area is 116 Å². The van der Waals surface area contributed by atoms with Gasteiger partial charge in [-0.2, -0.15) is 0 Å². The largest absolute Gasteiger partial charge is 0.313 e. The molecule has 0 aliphatic carbocycles. The minimum absolute atomic E-state index is 0.0550. The van der Waals surface area contributed by atoms with Crippen LogP contribution in [0.15, 0.2) is 30.3 Å². The Morgan fingerprint density at radius 3 is 2.25 bits per heavy atom. The summed E-state index contributed by atoms with van der Waals surface area (Å²) in [4.78, 5) is 0. The fourth-order valence-corrected chi connectivity index (χ4v) is 1.97. The molecular weight excluding hydrogens is 263 g/mol. The fourth-order valence-electron chi connectivity index (χ4n) is 1.97. The first-order chi connectivity index (χ1) is 9.54. The quantitative estimate of drug-likeness (QED) is 0.827. The van der Waals surface area contributed by atoms with Crippen molar-refractivity contribution in [3.8, 4) is 11.1 Å². The van der Waals surface area contributed by atoms with Crippen LogP contribution >= 0.6 is 0 Å². The minimum atomic E-state index is -1.13. The maximum absolute atomic E-state index is 13.9. The standard InChI is InChI=1S/C16H16F3N/c1-3-20-9-11-4-6-12(7-5-11)13-8-14(17)10(2)15(18)16(13)19/h4-8,20H,3,9H2,1-2H3. The van der Waals surface area contributed by atoms with E-state index in [0.717, 1.165) is 18.2 Å². The highest BCUT2D eigenvalue weighted by molar-refractivity contribution is 5.65. The summed E-state index contributed by atoms with van der Waals surface area (Å²) < 4.78 is 41.0. The summed E-state index contributed by atoms with van der Waals surface area (Å²) in [5.41, 5.74) is 1.14. The van der Waals surface area contributed by atoms with Gasteiger partial charge in [0.25, 0.3) is 0 Å². The van der Waals surface area contributed by atoms with Gasteiger partial charge in [0.15, 0.2) is 11.6 Å². The molecule has 0 unspecified atom stereocenters. The molecule has 0 aliphatic heterocycles. The summed E-state index contributed by atoms with van der Waals surface area (Å²) in [6.45, 7) is 4.78. The fraction of sp³-hybridized carbons (Fsp3) is 0.250. The molecular formula is C16H16F3N. The van der Waals surface area contributed by atoms with Gasteiger partial charge in [-0.3, -0.25) is 0 Å². The highest BCUT2D eigenvalue weighted by atomic mass is 19.2. The van der Waals surface area contributed by atoms with Crippen LogP contribution < -0.4 is 5.32 Å². The van der Waals surface area contributed by atoms with Crippen molar-refractivity contribution in [2.45, 2.75) is 20.4 Å². The SMILES string of the molecule is CCNCc1ccc(-c2cc(F)c(C)c(F)c2F)cc1. The van der Waals surface area contributed by atoms with E-state index in [1.54, 1.807) is 12.1 Å². The van der Waals surface area contributed by atoms with E-state index in [9.17, 15) is 13.2 Å². The van der Waals surface area contributed by atoms with Crippen molar-refractivity contribution in [3.05, 3.63) is 58.9 Å². The van der Waals surface area contributed by atoms with Gasteiger partial charge in [-0.15, -0.1) is 0 Å². The molecule has 1 nitrogen and oxygen atoms in total.